The lowest BCUT2D eigenvalue weighted by Gasteiger charge is -2.19. The second kappa shape index (κ2) is 6.36. The zero-order chi connectivity index (χ0) is 19.4. The third-order valence-corrected chi connectivity index (χ3v) is 7.05. The Balaban J connectivity index is 1.65. The van der Waals surface area contributed by atoms with Crippen molar-refractivity contribution in [1.29, 1.82) is 0 Å². The fourth-order valence-corrected chi connectivity index (χ4v) is 5.71. The minimum Gasteiger partial charge on any atom is -0.354 e. The molecule has 29 heavy (non-hydrogen) atoms. The first-order valence-corrected chi connectivity index (χ1v) is 10.6. The standard InChI is InChI=1S/C26H17NOS/c28-25-19-12-4-3-11-18(19)24-23(25)26(29-22-15-6-5-14-21(22)27-24)20-13-7-9-16-8-1-2-10-17(16)20/h1-15,26-27H. The highest BCUT2D eigenvalue weighted by atomic mass is 32.2. The molecule has 0 fully saturated rings. The molecule has 6 rings (SSSR count). The maximum Gasteiger partial charge on any atom is 0.193 e. The van der Waals surface area contributed by atoms with Crippen LogP contribution in [0.3, 0.4) is 0 Å². The fourth-order valence-electron chi connectivity index (χ4n) is 4.38. The highest BCUT2D eigenvalue weighted by Crippen LogP contribution is 2.53. The molecule has 0 saturated carbocycles. The third-order valence-electron chi connectivity index (χ3n) is 5.71. The van der Waals surface area contributed by atoms with Crippen molar-refractivity contribution >= 4 is 39.7 Å². The van der Waals surface area contributed by atoms with Gasteiger partial charge in [0.25, 0.3) is 0 Å². The molecule has 1 unspecified atom stereocenters. The number of thioether (sulfide) groups is 1. The van der Waals surface area contributed by atoms with E-state index < -0.39 is 0 Å². The van der Waals surface area contributed by atoms with Crippen LogP contribution in [0, 0.1) is 0 Å². The van der Waals surface area contributed by atoms with E-state index in [0.29, 0.717) is 0 Å². The van der Waals surface area contributed by atoms with Crippen LogP contribution in [0.2, 0.25) is 0 Å². The molecule has 0 spiro atoms. The quantitative estimate of drug-likeness (QED) is 0.391. The molecule has 1 aliphatic carbocycles. The van der Waals surface area contributed by atoms with Crippen molar-refractivity contribution in [3.05, 3.63) is 113 Å². The SMILES string of the molecule is O=C1C2=C(Nc3ccccc3SC2c2cccc3ccccc23)c2ccccc21. The fraction of sp³-hybridized carbons (Fsp3) is 0.0385. The van der Waals surface area contributed by atoms with Crippen LogP contribution in [0.4, 0.5) is 5.69 Å². The molecule has 2 aliphatic rings. The number of nitrogens with one attached hydrogen (secondary N) is 1. The summed E-state index contributed by atoms with van der Waals surface area (Å²) in [6.45, 7) is 0. The number of anilines is 1. The van der Waals surface area contributed by atoms with Crippen LogP contribution in [0.25, 0.3) is 16.5 Å². The maximum atomic E-state index is 13.5. The van der Waals surface area contributed by atoms with Crippen LogP contribution in [0.5, 0.6) is 0 Å². The number of Topliss-reactive ketones (excluding diaryl/α,β-unsaturated/α-hetero) is 1. The molecule has 0 amide bonds. The molecular formula is C26H17NOS. The topological polar surface area (TPSA) is 29.1 Å². The first-order valence-electron chi connectivity index (χ1n) is 9.70. The molecule has 1 heterocycles. The number of rotatable bonds is 1. The van der Waals surface area contributed by atoms with Crippen LogP contribution < -0.4 is 5.32 Å². The zero-order valence-electron chi connectivity index (χ0n) is 15.6. The van der Waals surface area contributed by atoms with E-state index in [1.807, 2.05) is 30.3 Å². The van der Waals surface area contributed by atoms with Gasteiger partial charge >= 0.3 is 0 Å². The summed E-state index contributed by atoms with van der Waals surface area (Å²) < 4.78 is 0. The van der Waals surface area contributed by atoms with Crippen LogP contribution in [0.15, 0.2) is 101 Å². The second-order valence-corrected chi connectivity index (χ2v) is 8.50. The summed E-state index contributed by atoms with van der Waals surface area (Å²) >= 11 is 1.76. The largest absolute Gasteiger partial charge is 0.354 e. The number of carbonyl (C=O) groups excluding carboxylic acids is 1. The van der Waals surface area contributed by atoms with Gasteiger partial charge in [-0.05, 0) is 28.5 Å². The Bertz CT molecular complexity index is 1330. The Hall–Kier alpha value is -3.30. The predicted molar refractivity (Wildman–Crippen MR) is 120 cm³/mol. The van der Waals surface area contributed by atoms with E-state index in [0.717, 1.165) is 33.0 Å². The zero-order valence-corrected chi connectivity index (χ0v) is 16.4. The molecular weight excluding hydrogens is 374 g/mol. The highest BCUT2D eigenvalue weighted by molar-refractivity contribution is 8.00. The lowest BCUT2D eigenvalue weighted by molar-refractivity contribution is 0.103. The number of ketones is 1. The molecule has 0 radical (unpaired) electrons. The minimum absolute atomic E-state index is 0.0767. The van der Waals surface area contributed by atoms with E-state index in [2.05, 4.69) is 66.0 Å². The summed E-state index contributed by atoms with van der Waals surface area (Å²) in [5.74, 6) is 0.126. The Morgan fingerprint density at radius 1 is 0.724 bits per heavy atom. The van der Waals surface area contributed by atoms with Gasteiger partial charge in [-0.25, -0.2) is 0 Å². The number of para-hydroxylation sites is 1. The first-order chi connectivity index (χ1) is 14.3. The van der Waals surface area contributed by atoms with Crippen molar-refractivity contribution in [2.45, 2.75) is 10.1 Å². The second-order valence-electron chi connectivity index (χ2n) is 7.35. The van der Waals surface area contributed by atoms with Gasteiger partial charge < -0.3 is 5.32 Å². The monoisotopic (exact) mass is 391 g/mol. The van der Waals surface area contributed by atoms with Crippen LogP contribution in [-0.4, -0.2) is 5.78 Å². The molecule has 3 heteroatoms. The Labute approximate surface area is 173 Å². The molecule has 2 nitrogen and oxygen atoms in total. The first kappa shape index (κ1) is 16.6. The van der Waals surface area contributed by atoms with Crippen molar-refractivity contribution < 1.29 is 4.79 Å². The number of hydrogen-bond donors (Lipinski definition) is 1. The van der Waals surface area contributed by atoms with Gasteiger partial charge in [0.2, 0.25) is 0 Å². The third kappa shape index (κ3) is 2.48. The molecule has 138 valence electrons. The number of fused-ring (bicyclic) bond motifs is 4. The molecule has 1 aliphatic heterocycles. The smallest absolute Gasteiger partial charge is 0.193 e. The summed E-state index contributed by atoms with van der Waals surface area (Å²) in [6, 6.07) is 31.0. The molecule has 0 saturated heterocycles. The van der Waals surface area contributed by atoms with E-state index in [1.165, 1.54) is 16.3 Å². The van der Waals surface area contributed by atoms with E-state index in [1.54, 1.807) is 11.8 Å². The van der Waals surface area contributed by atoms with Gasteiger partial charge in [-0.2, -0.15) is 0 Å². The van der Waals surface area contributed by atoms with Crippen LogP contribution in [-0.2, 0) is 0 Å². The summed E-state index contributed by atoms with van der Waals surface area (Å²) in [5, 5.41) is 5.91. The molecule has 4 aromatic carbocycles. The molecule has 0 aromatic heterocycles. The normalized spacial score (nSPS) is 17.4. The van der Waals surface area contributed by atoms with Gasteiger partial charge in [-0.3, -0.25) is 4.79 Å². The molecule has 4 aromatic rings. The maximum absolute atomic E-state index is 13.5. The van der Waals surface area contributed by atoms with E-state index in [4.69, 9.17) is 0 Å². The lowest BCUT2D eigenvalue weighted by Crippen LogP contribution is -2.08. The van der Waals surface area contributed by atoms with E-state index in [-0.39, 0.29) is 11.0 Å². The van der Waals surface area contributed by atoms with E-state index in [9.17, 15) is 4.79 Å². The average molecular weight is 391 g/mol. The highest BCUT2D eigenvalue weighted by Gasteiger charge is 2.38. The van der Waals surface area contributed by atoms with Gasteiger partial charge in [-0.1, -0.05) is 78.9 Å². The van der Waals surface area contributed by atoms with Gasteiger partial charge in [-0.15, -0.1) is 11.8 Å². The predicted octanol–water partition coefficient (Wildman–Crippen LogP) is 6.71. The molecule has 1 atom stereocenters. The number of benzene rings is 4. The Kier molecular flexibility index (Phi) is 3.65. The Morgan fingerprint density at radius 2 is 1.45 bits per heavy atom. The van der Waals surface area contributed by atoms with Crippen LogP contribution >= 0.6 is 11.8 Å². The van der Waals surface area contributed by atoms with Gasteiger partial charge in [0, 0.05) is 21.6 Å². The van der Waals surface area contributed by atoms with Crippen molar-refractivity contribution in [1.82, 2.24) is 0 Å². The number of carbonyl (C=O) groups is 1. The minimum atomic E-state index is -0.0767. The van der Waals surface area contributed by atoms with Crippen LogP contribution in [0.1, 0.15) is 26.7 Å². The molecule has 1 N–H and O–H groups in total. The Morgan fingerprint density at radius 3 is 2.38 bits per heavy atom. The summed E-state index contributed by atoms with van der Waals surface area (Å²) in [4.78, 5) is 14.7. The van der Waals surface area contributed by atoms with Crippen molar-refractivity contribution in [2.24, 2.45) is 0 Å². The summed E-state index contributed by atoms with van der Waals surface area (Å²) in [7, 11) is 0. The molecule has 0 bridgehead atoms. The van der Waals surface area contributed by atoms with Gasteiger partial charge in [0.05, 0.1) is 16.6 Å². The van der Waals surface area contributed by atoms with Gasteiger partial charge in [0.1, 0.15) is 0 Å². The lowest BCUT2D eigenvalue weighted by atomic mass is 9.96. The van der Waals surface area contributed by atoms with Crippen molar-refractivity contribution in [3.8, 4) is 0 Å². The summed E-state index contributed by atoms with van der Waals surface area (Å²) in [5.41, 5.74) is 5.81. The van der Waals surface area contributed by atoms with Crippen molar-refractivity contribution in [3.63, 3.8) is 0 Å². The average Bonchev–Trinajstić information content (AvgIpc) is 2.94. The van der Waals surface area contributed by atoms with Gasteiger partial charge in [0.15, 0.2) is 5.78 Å². The van der Waals surface area contributed by atoms with E-state index >= 15 is 0 Å². The van der Waals surface area contributed by atoms with Crippen molar-refractivity contribution in [2.75, 3.05) is 5.32 Å². The number of hydrogen-bond acceptors (Lipinski definition) is 3. The summed E-state index contributed by atoms with van der Waals surface area (Å²) in [6.07, 6.45) is 0.